The molecule has 52 heavy (non-hydrogen) atoms. The van der Waals surface area contributed by atoms with Gasteiger partial charge in [0, 0.05) is 31.6 Å². The van der Waals surface area contributed by atoms with Gasteiger partial charge in [-0.2, -0.15) is 0 Å². The minimum Gasteiger partial charge on any atom is -0.456 e. The molecule has 0 bridgehead atoms. The maximum Gasteiger partial charge on any atom is 0.412 e. The summed E-state index contributed by atoms with van der Waals surface area (Å²) >= 11 is 0.712. The molecule has 3 amide bonds. The van der Waals surface area contributed by atoms with E-state index in [2.05, 4.69) is 25.9 Å². The molecule has 280 valence electrons. The average molecular weight is 743 g/mol. The van der Waals surface area contributed by atoms with Crippen LogP contribution in [-0.4, -0.2) is 64.4 Å². The van der Waals surface area contributed by atoms with Crippen LogP contribution in [0.5, 0.6) is 0 Å². The van der Waals surface area contributed by atoms with Gasteiger partial charge in [-0.1, -0.05) is 24.3 Å². The molecule has 1 aliphatic carbocycles. The Bertz CT molecular complexity index is 1850. The van der Waals surface area contributed by atoms with Crippen molar-refractivity contribution in [3.8, 4) is 10.6 Å². The van der Waals surface area contributed by atoms with Crippen molar-refractivity contribution in [2.45, 2.75) is 98.0 Å². The van der Waals surface area contributed by atoms with E-state index in [9.17, 15) is 28.0 Å². The van der Waals surface area contributed by atoms with E-state index in [1.165, 1.54) is 19.2 Å². The number of fused-ring (bicyclic) bond motifs is 1. The number of esters is 1. The summed E-state index contributed by atoms with van der Waals surface area (Å²) in [5, 5.41) is 8.08. The molecular formula is C36H44F2N6O7S. The fourth-order valence-corrected chi connectivity index (χ4v) is 7.32. The van der Waals surface area contributed by atoms with Crippen molar-refractivity contribution < 1.29 is 42.2 Å². The number of nitrogens with zero attached hydrogens (tertiary/aromatic N) is 3. The van der Waals surface area contributed by atoms with E-state index >= 15 is 0 Å². The molecule has 3 N–H and O–H groups in total. The van der Waals surface area contributed by atoms with E-state index in [1.54, 1.807) is 41.5 Å². The zero-order valence-electron chi connectivity index (χ0n) is 30.4. The zero-order chi connectivity index (χ0) is 38.1. The first-order valence-electron chi connectivity index (χ1n) is 17.0. The van der Waals surface area contributed by atoms with Crippen molar-refractivity contribution in [2.75, 3.05) is 28.6 Å². The molecule has 0 spiro atoms. The van der Waals surface area contributed by atoms with E-state index < -0.39 is 58.6 Å². The van der Waals surface area contributed by atoms with Crippen LogP contribution in [0.25, 0.3) is 10.6 Å². The Labute approximate surface area is 304 Å². The standard InChI is InChI=1S/C36H44F2N6O7S/c1-18-14-20(40-33(47)50-35(3,4)5)17-44(16-18)29-21-12-13-25(49-19(2)45)27(21)39-15-24(29)41-30(46)28-32(43-34(48)51-36(6,7)8)52-31(42-28)26-22(37)10-9-11-23(26)38/h9-11,15,18,20,25H,12-14,16-17H2,1-8H3,(H,40,47)(H,41,46)(H,43,48)/t18-,20?,25?/m1/s1. The van der Waals surface area contributed by atoms with E-state index in [4.69, 9.17) is 14.2 Å². The number of nitrogens with one attached hydrogen (secondary N) is 3. The van der Waals surface area contributed by atoms with Crippen molar-refractivity contribution in [2.24, 2.45) is 5.92 Å². The van der Waals surface area contributed by atoms with Crippen LogP contribution in [0.15, 0.2) is 24.4 Å². The molecule has 2 unspecified atom stereocenters. The highest BCUT2D eigenvalue weighted by Gasteiger charge is 2.36. The summed E-state index contributed by atoms with van der Waals surface area (Å²) in [6, 6.07) is 3.03. The molecule has 1 aliphatic heterocycles. The molecular weight excluding hydrogens is 698 g/mol. The van der Waals surface area contributed by atoms with Crippen LogP contribution >= 0.6 is 11.3 Å². The Morgan fingerprint density at radius 2 is 1.62 bits per heavy atom. The highest BCUT2D eigenvalue weighted by molar-refractivity contribution is 7.19. The van der Waals surface area contributed by atoms with Crippen molar-refractivity contribution in [1.82, 2.24) is 15.3 Å². The van der Waals surface area contributed by atoms with Crippen molar-refractivity contribution in [1.29, 1.82) is 0 Å². The molecule has 5 rings (SSSR count). The van der Waals surface area contributed by atoms with E-state index in [-0.39, 0.29) is 33.3 Å². The van der Waals surface area contributed by atoms with Gasteiger partial charge in [0.05, 0.1) is 28.8 Å². The van der Waals surface area contributed by atoms with Crippen LogP contribution in [0.3, 0.4) is 0 Å². The number of carbonyl (C=O) groups excluding carboxylic acids is 4. The summed E-state index contributed by atoms with van der Waals surface area (Å²) in [7, 11) is 0. The number of piperidine rings is 1. The van der Waals surface area contributed by atoms with Gasteiger partial charge >= 0.3 is 18.2 Å². The molecule has 3 atom stereocenters. The lowest BCUT2D eigenvalue weighted by atomic mass is 9.94. The van der Waals surface area contributed by atoms with Gasteiger partial charge < -0.3 is 29.7 Å². The number of anilines is 3. The Hall–Kier alpha value is -4.86. The molecule has 3 aromatic rings. The second-order valence-corrected chi connectivity index (χ2v) is 16.0. The summed E-state index contributed by atoms with van der Waals surface area (Å²) < 4.78 is 46.2. The Balaban J connectivity index is 1.54. The van der Waals surface area contributed by atoms with Gasteiger partial charge in [-0.3, -0.25) is 19.9 Å². The quantitative estimate of drug-likeness (QED) is 0.165. The van der Waals surface area contributed by atoms with E-state index in [0.717, 1.165) is 17.7 Å². The molecule has 1 aromatic carbocycles. The maximum absolute atomic E-state index is 14.9. The maximum atomic E-state index is 14.9. The van der Waals surface area contributed by atoms with E-state index in [0.29, 0.717) is 55.1 Å². The number of rotatable bonds is 7. The van der Waals surface area contributed by atoms with Crippen molar-refractivity contribution in [3.05, 3.63) is 53.0 Å². The van der Waals surface area contributed by atoms with Gasteiger partial charge in [0.2, 0.25) is 0 Å². The van der Waals surface area contributed by atoms with Crippen molar-refractivity contribution >= 4 is 51.8 Å². The molecule has 2 aromatic heterocycles. The molecule has 0 radical (unpaired) electrons. The zero-order valence-corrected chi connectivity index (χ0v) is 31.3. The molecule has 1 fully saturated rings. The van der Waals surface area contributed by atoms with Crippen LogP contribution in [-0.2, 0) is 25.4 Å². The summed E-state index contributed by atoms with van der Waals surface area (Å²) in [6.45, 7) is 14.6. The van der Waals surface area contributed by atoms with Gasteiger partial charge in [0.1, 0.15) is 38.9 Å². The largest absolute Gasteiger partial charge is 0.456 e. The number of alkyl carbamates (subject to hydrolysis) is 1. The first kappa shape index (κ1) is 38.4. The van der Waals surface area contributed by atoms with Gasteiger partial charge in [-0.15, -0.1) is 0 Å². The molecule has 1 saturated heterocycles. The summed E-state index contributed by atoms with van der Waals surface area (Å²) in [5.74, 6) is -2.94. The molecule has 3 heterocycles. The second-order valence-electron chi connectivity index (χ2n) is 15.0. The molecule has 0 saturated carbocycles. The van der Waals surface area contributed by atoms with Crippen LogP contribution in [0.2, 0.25) is 0 Å². The predicted octanol–water partition coefficient (Wildman–Crippen LogP) is 7.37. The second kappa shape index (κ2) is 15.0. The third-order valence-corrected chi connectivity index (χ3v) is 9.02. The Morgan fingerprint density at radius 1 is 0.962 bits per heavy atom. The molecule has 13 nitrogen and oxygen atoms in total. The average Bonchev–Trinajstić information content (AvgIpc) is 3.58. The highest BCUT2D eigenvalue weighted by atomic mass is 32.1. The number of hydrogen-bond acceptors (Lipinski definition) is 11. The van der Waals surface area contributed by atoms with Crippen LogP contribution in [0, 0.1) is 17.6 Å². The molecule has 16 heteroatoms. The number of thiazole rings is 1. The minimum atomic E-state index is -0.897. The number of pyridine rings is 1. The monoisotopic (exact) mass is 742 g/mol. The highest BCUT2D eigenvalue weighted by Crippen LogP contribution is 2.44. The minimum absolute atomic E-state index is 0.0942. The third kappa shape index (κ3) is 9.32. The van der Waals surface area contributed by atoms with Gasteiger partial charge in [-0.25, -0.2) is 23.4 Å². The first-order chi connectivity index (χ1) is 24.3. The third-order valence-electron chi connectivity index (χ3n) is 8.03. The van der Waals surface area contributed by atoms with Gasteiger partial charge in [0.25, 0.3) is 5.91 Å². The van der Waals surface area contributed by atoms with Crippen LogP contribution in [0.4, 0.5) is 34.7 Å². The van der Waals surface area contributed by atoms with Crippen LogP contribution < -0.4 is 20.9 Å². The number of amides is 3. The number of hydrogen-bond donors (Lipinski definition) is 3. The van der Waals surface area contributed by atoms with Gasteiger partial charge in [0.15, 0.2) is 5.69 Å². The Kier molecular flexibility index (Phi) is 11.1. The number of benzene rings is 1. The van der Waals surface area contributed by atoms with E-state index in [1.807, 2.05) is 11.8 Å². The Morgan fingerprint density at radius 3 is 2.25 bits per heavy atom. The van der Waals surface area contributed by atoms with Crippen molar-refractivity contribution in [3.63, 3.8) is 0 Å². The van der Waals surface area contributed by atoms with Gasteiger partial charge in [-0.05, 0) is 78.9 Å². The first-order valence-corrected chi connectivity index (χ1v) is 17.8. The lowest BCUT2D eigenvalue weighted by Crippen LogP contribution is -2.51. The lowest BCUT2D eigenvalue weighted by molar-refractivity contribution is -0.146. The number of aromatic nitrogens is 2. The normalized spacial score (nSPS) is 18.7. The number of ether oxygens (including phenoxy) is 3. The lowest BCUT2D eigenvalue weighted by Gasteiger charge is -2.40. The smallest absolute Gasteiger partial charge is 0.412 e. The topological polar surface area (TPSA) is 161 Å². The fourth-order valence-electron chi connectivity index (χ4n) is 6.32. The molecule has 2 aliphatic rings. The SMILES string of the molecule is CC(=O)OC1CCc2c1ncc(NC(=O)c1nc(-c3c(F)cccc3F)sc1NC(=O)OC(C)(C)C)c2N1CC(NC(=O)OC(C)(C)C)C[C@@H](C)C1. The summed E-state index contributed by atoms with van der Waals surface area (Å²) in [6.07, 6.45) is 1.05. The number of halogens is 2. The summed E-state index contributed by atoms with van der Waals surface area (Å²) in [4.78, 5) is 62.6. The van der Waals surface area contributed by atoms with Crippen LogP contribution in [0.1, 0.15) is 96.1 Å². The number of carbonyl (C=O) groups is 4. The predicted molar refractivity (Wildman–Crippen MR) is 191 cm³/mol. The summed E-state index contributed by atoms with van der Waals surface area (Å²) in [5.41, 5.74) is -0.126. The fraction of sp³-hybridized carbons (Fsp3) is 0.500.